The Bertz CT molecular complexity index is 907. The first-order valence-corrected chi connectivity index (χ1v) is 8.36. The van der Waals surface area contributed by atoms with E-state index in [1.165, 1.54) is 25.6 Å². The van der Waals surface area contributed by atoms with Crippen LogP contribution >= 0.6 is 11.3 Å². The Labute approximate surface area is 153 Å². The van der Waals surface area contributed by atoms with Gasteiger partial charge in [-0.05, 0) is 26.0 Å². The van der Waals surface area contributed by atoms with E-state index in [9.17, 15) is 0 Å². The molecule has 0 aliphatic rings. The number of oxime groups is 1. The fourth-order valence-corrected chi connectivity index (χ4v) is 3.03. The van der Waals surface area contributed by atoms with E-state index in [0.29, 0.717) is 5.71 Å². The van der Waals surface area contributed by atoms with Gasteiger partial charge in [-0.1, -0.05) is 5.16 Å². The van der Waals surface area contributed by atoms with Crippen LogP contribution in [0.4, 0.5) is 0 Å². The molecule has 0 aliphatic heterocycles. The summed E-state index contributed by atoms with van der Waals surface area (Å²) in [7, 11) is 2.88. The summed E-state index contributed by atoms with van der Waals surface area (Å²) < 4.78 is 9.95. The van der Waals surface area contributed by atoms with Crippen molar-refractivity contribution in [1.82, 2.24) is 24.9 Å². The number of methoxy groups -OCH3 is 2. The van der Waals surface area contributed by atoms with Crippen LogP contribution in [0.3, 0.4) is 0 Å². The van der Waals surface area contributed by atoms with Crippen molar-refractivity contribution in [1.29, 1.82) is 0 Å². The largest absolute Gasteiger partial charge is 0.467 e. The highest BCUT2D eigenvalue weighted by molar-refractivity contribution is 7.17. The Kier molecular flexibility index (Phi) is 5.32. The van der Waals surface area contributed by atoms with Crippen molar-refractivity contribution >= 4 is 17.0 Å². The lowest BCUT2D eigenvalue weighted by atomic mass is 10.3. The van der Waals surface area contributed by atoms with Crippen molar-refractivity contribution in [2.24, 2.45) is 5.16 Å². The number of hydrogen-bond acceptors (Lipinski definition) is 10. The minimum Gasteiger partial charge on any atom is -0.467 e. The van der Waals surface area contributed by atoms with Gasteiger partial charge >= 0.3 is 18.0 Å². The van der Waals surface area contributed by atoms with Gasteiger partial charge in [0.25, 0.3) is 0 Å². The van der Waals surface area contributed by atoms with E-state index >= 15 is 0 Å². The number of pyridine rings is 1. The van der Waals surface area contributed by atoms with Crippen LogP contribution in [-0.2, 0) is 0 Å². The van der Waals surface area contributed by atoms with Crippen LogP contribution in [0.15, 0.2) is 29.7 Å². The summed E-state index contributed by atoms with van der Waals surface area (Å²) in [6, 6.07) is 3.96. The molecule has 10 heteroatoms. The Hall–Kier alpha value is -3.14. The van der Waals surface area contributed by atoms with E-state index in [1.54, 1.807) is 12.4 Å². The lowest BCUT2D eigenvalue weighted by Crippen LogP contribution is -2.03. The smallest absolute Gasteiger partial charge is 0.354 e. The molecule has 0 aliphatic carbocycles. The minimum absolute atomic E-state index is 0.0253. The number of ether oxygens (including phenoxy) is 2. The summed E-state index contributed by atoms with van der Waals surface area (Å²) in [5, 5.41) is 4.96. The predicted octanol–water partition coefficient (Wildman–Crippen LogP) is 2.52. The number of aryl methyl sites for hydroxylation is 1. The zero-order valence-corrected chi connectivity index (χ0v) is 15.4. The molecule has 0 bridgehead atoms. The highest BCUT2D eigenvalue weighted by Crippen LogP contribution is 2.28. The van der Waals surface area contributed by atoms with Gasteiger partial charge in [-0.3, -0.25) is 4.98 Å². The average Bonchev–Trinajstić information content (AvgIpc) is 3.08. The summed E-state index contributed by atoms with van der Waals surface area (Å²) in [5.41, 5.74) is 2.45. The molecular formula is C16H16N6O3S. The third-order valence-corrected chi connectivity index (χ3v) is 4.55. The maximum atomic E-state index is 5.31. The molecule has 3 heterocycles. The third kappa shape index (κ3) is 3.91. The summed E-state index contributed by atoms with van der Waals surface area (Å²) in [6.07, 6.45) is 3.50. The molecule has 0 radical (unpaired) electrons. The first kappa shape index (κ1) is 17.7. The van der Waals surface area contributed by atoms with Crippen molar-refractivity contribution in [2.45, 2.75) is 13.8 Å². The van der Waals surface area contributed by atoms with Crippen LogP contribution in [-0.4, -0.2) is 44.9 Å². The number of hydrogen-bond donors (Lipinski definition) is 0. The molecule has 0 aromatic carbocycles. The van der Waals surface area contributed by atoms with E-state index in [1.807, 2.05) is 26.0 Å². The molecule has 0 spiro atoms. The van der Waals surface area contributed by atoms with E-state index in [0.717, 1.165) is 21.1 Å². The van der Waals surface area contributed by atoms with E-state index in [-0.39, 0.29) is 18.0 Å². The lowest BCUT2D eigenvalue weighted by molar-refractivity contribution is 0.278. The third-order valence-electron chi connectivity index (χ3n) is 3.24. The predicted molar refractivity (Wildman–Crippen MR) is 95.9 cm³/mol. The zero-order valence-electron chi connectivity index (χ0n) is 14.6. The number of thiazole rings is 1. The maximum absolute atomic E-state index is 5.31. The molecule has 3 rings (SSSR count). The van der Waals surface area contributed by atoms with Crippen molar-refractivity contribution in [3.05, 3.63) is 35.1 Å². The van der Waals surface area contributed by atoms with Gasteiger partial charge in [0.15, 0.2) is 0 Å². The van der Waals surface area contributed by atoms with Crippen LogP contribution in [0, 0.1) is 6.92 Å². The van der Waals surface area contributed by atoms with E-state index in [2.05, 4.69) is 30.1 Å². The SMILES string of the molecule is COc1nc(OC)nc(ON=C(C)c2sc(-c3cccnc3)nc2C)n1. The highest BCUT2D eigenvalue weighted by atomic mass is 32.1. The molecule has 0 N–H and O–H groups in total. The first-order chi connectivity index (χ1) is 12.6. The van der Waals surface area contributed by atoms with Gasteiger partial charge in [0.05, 0.1) is 30.5 Å². The Morgan fingerprint density at radius 2 is 1.73 bits per heavy atom. The topological polar surface area (TPSA) is 104 Å². The molecule has 0 atom stereocenters. The van der Waals surface area contributed by atoms with Crippen molar-refractivity contribution in [3.8, 4) is 28.6 Å². The van der Waals surface area contributed by atoms with Crippen LogP contribution in [0.2, 0.25) is 0 Å². The lowest BCUT2D eigenvalue weighted by Gasteiger charge is -2.03. The molecular weight excluding hydrogens is 356 g/mol. The Morgan fingerprint density at radius 1 is 1.04 bits per heavy atom. The number of rotatable bonds is 6. The van der Waals surface area contributed by atoms with Gasteiger partial charge in [0.1, 0.15) is 5.01 Å². The normalized spacial score (nSPS) is 11.3. The molecule has 0 amide bonds. The van der Waals surface area contributed by atoms with Gasteiger partial charge in [-0.15, -0.1) is 26.3 Å². The minimum atomic E-state index is -0.0253. The average molecular weight is 372 g/mol. The van der Waals surface area contributed by atoms with E-state index < -0.39 is 0 Å². The Morgan fingerprint density at radius 3 is 2.35 bits per heavy atom. The van der Waals surface area contributed by atoms with Crippen molar-refractivity contribution in [2.75, 3.05) is 14.2 Å². The summed E-state index contributed by atoms with van der Waals surface area (Å²) in [4.78, 5) is 26.7. The summed E-state index contributed by atoms with van der Waals surface area (Å²) in [5.74, 6) is 0. The molecule has 3 aromatic heterocycles. The molecule has 0 saturated carbocycles. The standard InChI is InChI=1S/C16H16N6O3S/c1-9-12(26-13(18-9)11-6-5-7-17-8-11)10(2)22-25-16-20-14(23-3)19-15(21-16)24-4/h5-8H,1-4H3. The quantitative estimate of drug-likeness (QED) is 0.480. The van der Waals surface area contributed by atoms with Crippen LogP contribution in [0.25, 0.3) is 10.6 Å². The molecule has 134 valence electrons. The fourth-order valence-electron chi connectivity index (χ4n) is 2.04. The second-order valence-electron chi connectivity index (χ2n) is 5.03. The molecule has 0 fully saturated rings. The van der Waals surface area contributed by atoms with Gasteiger partial charge in [0, 0.05) is 18.0 Å². The Balaban J connectivity index is 1.83. The van der Waals surface area contributed by atoms with Gasteiger partial charge in [-0.2, -0.15) is 0 Å². The van der Waals surface area contributed by atoms with Crippen molar-refractivity contribution < 1.29 is 14.3 Å². The maximum Gasteiger partial charge on any atom is 0.354 e. The van der Waals surface area contributed by atoms with Crippen LogP contribution in [0.1, 0.15) is 17.5 Å². The van der Waals surface area contributed by atoms with Crippen LogP contribution < -0.4 is 14.3 Å². The number of aromatic nitrogens is 5. The van der Waals surface area contributed by atoms with Gasteiger partial charge < -0.3 is 14.3 Å². The molecule has 9 nitrogen and oxygen atoms in total. The van der Waals surface area contributed by atoms with E-state index in [4.69, 9.17) is 14.3 Å². The monoisotopic (exact) mass is 372 g/mol. The molecule has 26 heavy (non-hydrogen) atoms. The summed E-state index contributed by atoms with van der Waals surface area (Å²) >= 11 is 1.51. The summed E-state index contributed by atoms with van der Waals surface area (Å²) in [6.45, 7) is 3.74. The first-order valence-electron chi connectivity index (χ1n) is 7.54. The highest BCUT2D eigenvalue weighted by Gasteiger charge is 2.13. The zero-order chi connectivity index (χ0) is 18.5. The second-order valence-corrected chi connectivity index (χ2v) is 6.03. The number of nitrogens with zero attached hydrogens (tertiary/aromatic N) is 6. The van der Waals surface area contributed by atoms with Gasteiger partial charge in [-0.25, -0.2) is 4.98 Å². The van der Waals surface area contributed by atoms with Gasteiger partial charge in [0.2, 0.25) is 0 Å². The molecule has 0 saturated heterocycles. The fraction of sp³-hybridized carbons (Fsp3) is 0.250. The second kappa shape index (κ2) is 7.83. The van der Waals surface area contributed by atoms with Crippen LogP contribution in [0.5, 0.6) is 18.0 Å². The molecule has 3 aromatic rings. The van der Waals surface area contributed by atoms with Crippen molar-refractivity contribution in [3.63, 3.8) is 0 Å². The molecule has 0 unspecified atom stereocenters.